The molecule has 0 atom stereocenters. The van der Waals surface area contributed by atoms with Crippen LogP contribution < -0.4 is 10.6 Å². The highest BCUT2D eigenvalue weighted by Crippen LogP contribution is 2.30. The molecule has 0 unspecified atom stereocenters. The summed E-state index contributed by atoms with van der Waals surface area (Å²) in [5.74, 6) is -0.355. The van der Waals surface area contributed by atoms with Crippen molar-refractivity contribution in [2.24, 2.45) is 0 Å². The van der Waals surface area contributed by atoms with Gasteiger partial charge in [0.15, 0.2) is 0 Å². The van der Waals surface area contributed by atoms with Gasteiger partial charge >= 0.3 is 0 Å². The Balaban J connectivity index is 1.73. The predicted molar refractivity (Wildman–Crippen MR) is 121 cm³/mol. The van der Waals surface area contributed by atoms with Gasteiger partial charge in [0.2, 0.25) is 0 Å². The third kappa shape index (κ3) is 5.48. The molecular formula is C24H25N3O2S. The summed E-state index contributed by atoms with van der Waals surface area (Å²) in [6.07, 6.45) is 2.57. The molecule has 1 heterocycles. The molecule has 0 bridgehead atoms. The van der Waals surface area contributed by atoms with Gasteiger partial charge in [-0.25, -0.2) is 4.98 Å². The number of anilines is 1. The zero-order valence-corrected chi connectivity index (χ0v) is 18.2. The van der Waals surface area contributed by atoms with Crippen LogP contribution in [0.15, 0.2) is 70.7 Å². The maximum Gasteiger partial charge on any atom is 0.258 e. The van der Waals surface area contributed by atoms with E-state index in [1.165, 1.54) is 22.9 Å². The van der Waals surface area contributed by atoms with Gasteiger partial charge in [-0.3, -0.25) is 9.59 Å². The standard InChI is InChI=1S/C24H25N3O2S/c1-4-13-25-22(28)18-8-10-19(11-9-18)27-23(29)21-6-5-14-26-24(21)30-20-12-7-16(2)17(3)15-20/h5-12,14-15H,4,13H2,1-3H3,(H,25,28)(H,27,29). The Morgan fingerprint density at radius 1 is 0.967 bits per heavy atom. The molecule has 0 aliphatic rings. The molecule has 0 fully saturated rings. The Hall–Kier alpha value is -3.12. The van der Waals surface area contributed by atoms with Crippen LogP contribution in [0, 0.1) is 13.8 Å². The van der Waals surface area contributed by atoms with Crippen molar-refractivity contribution in [2.45, 2.75) is 37.1 Å². The average molecular weight is 420 g/mol. The fourth-order valence-corrected chi connectivity index (χ4v) is 3.76. The number of amides is 2. The lowest BCUT2D eigenvalue weighted by Crippen LogP contribution is -2.23. The van der Waals surface area contributed by atoms with Gasteiger partial charge in [0.1, 0.15) is 5.03 Å². The number of pyridine rings is 1. The summed E-state index contributed by atoms with van der Waals surface area (Å²) < 4.78 is 0. The predicted octanol–water partition coefficient (Wildman–Crippen LogP) is 5.24. The first kappa shape index (κ1) is 21.6. The van der Waals surface area contributed by atoms with Crippen molar-refractivity contribution in [2.75, 3.05) is 11.9 Å². The highest BCUT2D eigenvalue weighted by molar-refractivity contribution is 7.99. The molecule has 3 aromatic rings. The number of hydrogen-bond donors (Lipinski definition) is 2. The summed E-state index contributed by atoms with van der Waals surface area (Å²) in [4.78, 5) is 30.3. The van der Waals surface area contributed by atoms with E-state index in [1.807, 2.05) is 13.0 Å². The topological polar surface area (TPSA) is 71.1 Å². The summed E-state index contributed by atoms with van der Waals surface area (Å²) in [7, 11) is 0. The first-order valence-electron chi connectivity index (χ1n) is 9.87. The number of aryl methyl sites for hydroxylation is 2. The highest BCUT2D eigenvalue weighted by Gasteiger charge is 2.14. The fourth-order valence-electron chi connectivity index (χ4n) is 2.78. The van der Waals surface area contributed by atoms with Crippen molar-refractivity contribution in [1.82, 2.24) is 10.3 Å². The molecule has 2 N–H and O–H groups in total. The summed E-state index contributed by atoms with van der Waals surface area (Å²) in [6.45, 7) is 6.78. The number of carbonyl (C=O) groups excluding carboxylic acids is 2. The fraction of sp³-hybridized carbons (Fsp3) is 0.208. The van der Waals surface area contributed by atoms with Crippen LogP contribution in [0.5, 0.6) is 0 Å². The number of nitrogens with one attached hydrogen (secondary N) is 2. The molecule has 30 heavy (non-hydrogen) atoms. The van der Waals surface area contributed by atoms with Crippen molar-refractivity contribution < 1.29 is 9.59 Å². The van der Waals surface area contributed by atoms with Gasteiger partial charge in [-0.15, -0.1) is 0 Å². The minimum Gasteiger partial charge on any atom is -0.352 e. The van der Waals surface area contributed by atoms with Crippen LogP contribution >= 0.6 is 11.8 Å². The van der Waals surface area contributed by atoms with E-state index in [2.05, 4.69) is 41.6 Å². The van der Waals surface area contributed by atoms with Gasteiger partial charge in [-0.1, -0.05) is 24.8 Å². The van der Waals surface area contributed by atoms with Crippen molar-refractivity contribution in [3.05, 3.63) is 83.0 Å². The van der Waals surface area contributed by atoms with Gasteiger partial charge in [-0.2, -0.15) is 0 Å². The molecule has 0 aliphatic heterocycles. The summed E-state index contributed by atoms with van der Waals surface area (Å²) >= 11 is 1.47. The molecule has 0 saturated carbocycles. The van der Waals surface area contributed by atoms with Crippen LogP contribution in [-0.4, -0.2) is 23.3 Å². The average Bonchev–Trinajstić information content (AvgIpc) is 2.75. The van der Waals surface area contributed by atoms with E-state index in [0.29, 0.717) is 28.4 Å². The second-order valence-electron chi connectivity index (χ2n) is 6.99. The maximum atomic E-state index is 12.9. The van der Waals surface area contributed by atoms with Gasteiger partial charge in [0, 0.05) is 28.9 Å². The molecule has 0 aliphatic carbocycles. The van der Waals surface area contributed by atoms with E-state index in [1.54, 1.807) is 42.6 Å². The van der Waals surface area contributed by atoms with Gasteiger partial charge in [0.05, 0.1) is 5.56 Å². The Bertz CT molecular complexity index is 1050. The normalized spacial score (nSPS) is 10.5. The molecule has 154 valence electrons. The van der Waals surface area contributed by atoms with Crippen LogP contribution in [-0.2, 0) is 0 Å². The van der Waals surface area contributed by atoms with E-state index in [-0.39, 0.29) is 11.8 Å². The third-order valence-electron chi connectivity index (χ3n) is 4.65. The van der Waals surface area contributed by atoms with Crippen LogP contribution in [0.4, 0.5) is 5.69 Å². The smallest absolute Gasteiger partial charge is 0.258 e. The largest absolute Gasteiger partial charge is 0.352 e. The Morgan fingerprint density at radius 3 is 2.43 bits per heavy atom. The van der Waals surface area contributed by atoms with Gasteiger partial charge in [-0.05, 0) is 79.9 Å². The number of benzene rings is 2. The Kier molecular flexibility index (Phi) is 7.25. The lowest BCUT2D eigenvalue weighted by Gasteiger charge is -2.10. The number of rotatable bonds is 7. The van der Waals surface area contributed by atoms with E-state index in [9.17, 15) is 9.59 Å². The highest BCUT2D eigenvalue weighted by atomic mass is 32.2. The molecule has 6 heteroatoms. The van der Waals surface area contributed by atoms with Crippen LogP contribution in [0.1, 0.15) is 45.2 Å². The SMILES string of the molecule is CCCNC(=O)c1ccc(NC(=O)c2cccnc2Sc2ccc(C)c(C)c2)cc1. The second kappa shape index (κ2) is 10.1. The number of aromatic nitrogens is 1. The van der Waals surface area contributed by atoms with E-state index >= 15 is 0 Å². The van der Waals surface area contributed by atoms with Crippen molar-refractivity contribution in [1.29, 1.82) is 0 Å². The maximum absolute atomic E-state index is 12.9. The second-order valence-corrected chi connectivity index (χ2v) is 8.05. The minimum absolute atomic E-state index is 0.117. The molecule has 2 aromatic carbocycles. The van der Waals surface area contributed by atoms with Gasteiger partial charge < -0.3 is 10.6 Å². The van der Waals surface area contributed by atoms with Crippen LogP contribution in [0.3, 0.4) is 0 Å². The third-order valence-corrected chi connectivity index (χ3v) is 5.66. The monoisotopic (exact) mass is 419 g/mol. The number of carbonyl (C=O) groups is 2. The minimum atomic E-state index is -0.238. The van der Waals surface area contributed by atoms with Crippen LogP contribution in [0.25, 0.3) is 0 Å². The molecule has 1 aromatic heterocycles. The first-order valence-corrected chi connectivity index (χ1v) is 10.7. The van der Waals surface area contributed by atoms with Crippen molar-refractivity contribution >= 4 is 29.3 Å². The van der Waals surface area contributed by atoms with E-state index in [4.69, 9.17) is 0 Å². The quantitative estimate of drug-likeness (QED) is 0.549. The zero-order chi connectivity index (χ0) is 21.5. The molecule has 2 amide bonds. The van der Waals surface area contributed by atoms with Crippen molar-refractivity contribution in [3.63, 3.8) is 0 Å². The summed E-state index contributed by atoms with van der Waals surface area (Å²) in [5.41, 5.74) is 4.12. The Labute approximate surface area is 181 Å². The molecule has 3 rings (SSSR count). The number of nitrogens with zero attached hydrogens (tertiary/aromatic N) is 1. The molecule has 0 radical (unpaired) electrons. The first-order chi connectivity index (χ1) is 14.5. The van der Waals surface area contributed by atoms with E-state index < -0.39 is 0 Å². The Morgan fingerprint density at radius 2 is 1.73 bits per heavy atom. The van der Waals surface area contributed by atoms with E-state index in [0.717, 1.165) is 11.3 Å². The molecular weight excluding hydrogens is 394 g/mol. The zero-order valence-electron chi connectivity index (χ0n) is 17.4. The lowest BCUT2D eigenvalue weighted by molar-refractivity contribution is 0.0953. The molecule has 0 saturated heterocycles. The van der Waals surface area contributed by atoms with Gasteiger partial charge in [0.25, 0.3) is 11.8 Å². The van der Waals surface area contributed by atoms with Crippen molar-refractivity contribution in [3.8, 4) is 0 Å². The summed E-state index contributed by atoms with van der Waals surface area (Å²) in [5, 5.41) is 6.37. The summed E-state index contributed by atoms with van der Waals surface area (Å²) in [6, 6.07) is 16.6. The molecule has 5 nitrogen and oxygen atoms in total. The van der Waals surface area contributed by atoms with Crippen LogP contribution in [0.2, 0.25) is 0 Å². The number of hydrogen-bond acceptors (Lipinski definition) is 4. The molecule has 0 spiro atoms. The lowest BCUT2D eigenvalue weighted by atomic mass is 10.1.